The maximum Gasteiger partial charge on any atom is 0.119 e. The third-order valence-corrected chi connectivity index (χ3v) is 3.17. The van der Waals surface area contributed by atoms with E-state index in [9.17, 15) is 0 Å². The SMILES string of the molecule is COc1ccc(NC2CC(C)C2)c(C)c1. The normalized spacial score (nSPS) is 24.5. The molecule has 82 valence electrons. The van der Waals surface area contributed by atoms with Gasteiger partial charge in [-0.25, -0.2) is 0 Å². The average molecular weight is 205 g/mol. The second-order valence-electron chi connectivity index (χ2n) is 4.60. The molecule has 0 unspecified atom stereocenters. The molecule has 0 radical (unpaired) electrons. The molecule has 1 fully saturated rings. The molecule has 2 rings (SSSR count). The van der Waals surface area contributed by atoms with Gasteiger partial charge >= 0.3 is 0 Å². The molecule has 0 bridgehead atoms. The maximum atomic E-state index is 5.18. The van der Waals surface area contributed by atoms with Crippen molar-refractivity contribution in [1.82, 2.24) is 0 Å². The second-order valence-corrected chi connectivity index (χ2v) is 4.60. The highest BCUT2D eigenvalue weighted by Gasteiger charge is 2.25. The van der Waals surface area contributed by atoms with Crippen LogP contribution in [0, 0.1) is 12.8 Å². The van der Waals surface area contributed by atoms with Crippen molar-refractivity contribution in [2.75, 3.05) is 12.4 Å². The number of methoxy groups -OCH3 is 1. The molecular formula is C13H19NO. The fourth-order valence-electron chi connectivity index (χ4n) is 2.17. The Balaban J connectivity index is 2.02. The molecular weight excluding hydrogens is 186 g/mol. The number of rotatable bonds is 3. The summed E-state index contributed by atoms with van der Waals surface area (Å²) in [6, 6.07) is 6.87. The van der Waals surface area contributed by atoms with Crippen molar-refractivity contribution in [2.45, 2.75) is 32.7 Å². The summed E-state index contributed by atoms with van der Waals surface area (Å²) in [5.74, 6) is 1.82. The van der Waals surface area contributed by atoms with Crippen LogP contribution >= 0.6 is 0 Å². The molecule has 0 spiro atoms. The topological polar surface area (TPSA) is 21.3 Å². The van der Waals surface area contributed by atoms with E-state index in [0.29, 0.717) is 6.04 Å². The van der Waals surface area contributed by atoms with Crippen molar-refractivity contribution in [3.63, 3.8) is 0 Å². The summed E-state index contributed by atoms with van der Waals surface area (Å²) in [4.78, 5) is 0. The Bertz CT molecular complexity index is 342. The summed E-state index contributed by atoms with van der Waals surface area (Å²) in [5, 5.41) is 3.57. The Kier molecular flexibility index (Phi) is 2.85. The van der Waals surface area contributed by atoms with Crippen LogP contribution in [0.1, 0.15) is 25.3 Å². The zero-order chi connectivity index (χ0) is 10.8. The maximum absolute atomic E-state index is 5.18. The standard InChI is InChI=1S/C13H19NO/c1-9-6-11(7-9)14-13-5-4-12(15-3)8-10(13)2/h4-5,8-9,11,14H,6-7H2,1-3H3. The van der Waals surface area contributed by atoms with E-state index in [4.69, 9.17) is 4.74 Å². The van der Waals surface area contributed by atoms with Crippen LogP contribution in [0.5, 0.6) is 5.75 Å². The molecule has 1 aliphatic rings. The molecule has 1 aromatic rings. The summed E-state index contributed by atoms with van der Waals surface area (Å²) in [5.41, 5.74) is 2.50. The minimum Gasteiger partial charge on any atom is -0.497 e. The molecule has 0 saturated heterocycles. The monoisotopic (exact) mass is 205 g/mol. The van der Waals surface area contributed by atoms with E-state index in [-0.39, 0.29) is 0 Å². The molecule has 0 atom stereocenters. The molecule has 1 aromatic carbocycles. The summed E-state index contributed by atoms with van der Waals surface area (Å²) in [6.07, 6.45) is 2.59. The van der Waals surface area contributed by atoms with E-state index in [1.54, 1.807) is 7.11 Å². The van der Waals surface area contributed by atoms with Gasteiger partial charge in [0.05, 0.1) is 7.11 Å². The van der Waals surface area contributed by atoms with Crippen molar-refractivity contribution < 1.29 is 4.74 Å². The Morgan fingerprint density at radius 2 is 2.07 bits per heavy atom. The lowest BCUT2D eigenvalue weighted by Crippen LogP contribution is -2.33. The zero-order valence-corrected chi connectivity index (χ0v) is 9.71. The van der Waals surface area contributed by atoms with E-state index in [1.807, 2.05) is 6.07 Å². The van der Waals surface area contributed by atoms with Crippen molar-refractivity contribution in [3.05, 3.63) is 23.8 Å². The lowest BCUT2D eigenvalue weighted by Gasteiger charge is -2.34. The van der Waals surface area contributed by atoms with Gasteiger partial charge in [0.2, 0.25) is 0 Å². The molecule has 2 heteroatoms. The lowest BCUT2D eigenvalue weighted by atomic mass is 9.81. The van der Waals surface area contributed by atoms with Crippen LogP contribution in [-0.2, 0) is 0 Å². The Morgan fingerprint density at radius 1 is 1.33 bits per heavy atom. The Morgan fingerprint density at radius 3 is 2.60 bits per heavy atom. The van der Waals surface area contributed by atoms with Gasteiger partial charge in [-0.05, 0) is 49.4 Å². The smallest absolute Gasteiger partial charge is 0.119 e. The molecule has 0 heterocycles. The van der Waals surface area contributed by atoms with Crippen LogP contribution in [0.15, 0.2) is 18.2 Å². The van der Waals surface area contributed by atoms with Gasteiger partial charge < -0.3 is 10.1 Å². The molecule has 0 aliphatic heterocycles. The minimum atomic E-state index is 0.673. The van der Waals surface area contributed by atoms with E-state index < -0.39 is 0 Å². The highest BCUT2D eigenvalue weighted by atomic mass is 16.5. The number of hydrogen-bond acceptors (Lipinski definition) is 2. The van der Waals surface area contributed by atoms with Crippen molar-refractivity contribution in [3.8, 4) is 5.75 Å². The van der Waals surface area contributed by atoms with Gasteiger partial charge in [-0.2, -0.15) is 0 Å². The largest absolute Gasteiger partial charge is 0.497 e. The Labute approximate surface area is 91.6 Å². The quantitative estimate of drug-likeness (QED) is 0.818. The predicted molar refractivity (Wildman–Crippen MR) is 63.5 cm³/mol. The molecule has 0 amide bonds. The van der Waals surface area contributed by atoms with Crippen LogP contribution in [0.3, 0.4) is 0 Å². The van der Waals surface area contributed by atoms with Gasteiger partial charge in [0.15, 0.2) is 0 Å². The minimum absolute atomic E-state index is 0.673. The summed E-state index contributed by atoms with van der Waals surface area (Å²) in [7, 11) is 1.70. The highest BCUT2D eigenvalue weighted by molar-refractivity contribution is 5.54. The molecule has 1 aliphatic carbocycles. The summed E-state index contributed by atoms with van der Waals surface area (Å²) in [6.45, 7) is 4.42. The van der Waals surface area contributed by atoms with Crippen molar-refractivity contribution in [1.29, 1.82) is 0 Å². The van der Waals surface area contributed by atoms with Crippen molar-refractivity contribution in [2.24, 2.45) is 5.92 Å². The van der Waals surface area contributed by atoms with E-state index >= 15 is 0 Å². The first-order chi connectivity index (χ1) is 7.19. The Hall–Kier alpha value is -1.18. The van der Waals surface area contributed by atoms with Crippen LogP contribution in [0.2, 0.25) is 0 Å². The van der Waals surface area contributed by atoms with Crippen molar-refractivity contribution >= 4 is 5.69 Å². The fraction of sp³-hybridized carbons (Fsp3) is 0.538. The lowest BCUT2D eigenvalue weighted by molar-refractivity contribution is 0.309. The molecule has 0 aromatic heterocycles. The van der Waals surface area contributed by atoms with Gasteiger partial charge in [0, 0.05) is 11.7 Å². The second kappa shape index (κ2) is 4.13. The summed E-state index contributed by atoms with van der Waals surface area (Å²) < 4.78 is 5.18. The molecule has 2 nitrogen and oxygen atoms in total. The first-order valence-electron chi connectivity index (χ1n) is 5.60. The molecule has 1 N–H and O–H groups in total. The number of aryl methyl sites for hydroxylation is 1. The predicted octanol–water partition coefficient (Wildman–Crippen LogP) is 3.21. The molecule has 15 heavy (non-hydrogen) atoms. The van der Waals surface area contributed by atoms with Gasteiger partial charge in [-0.1, -0.05) is 6.92 Å². The van der Waals surface area contributed by atoms with Crippen LogP contribution in [-0.4, -0.2) is 13.2 Å². The zero-order valence-electron chi connectivity index (χ0n) is 9.71. The summed E-state index contributed by atoms with van der Waals surface area (Å²) >= 11 is 0. The van der Waals surface area contributed by atoms with Gasteiger partial charge in [-0.3, -0.25) is 0 Å². The average Bonchev–Trinajstić information content (AvgIpc) is 2.18. The number of nitrogens with one attached hydrogen (secondary N) is 1. The van der Waals surface area contributed by atoms with Gasteiger partial charge in [0.1, 0.15) is 5.75 Å². The van der Waals surface area contributed by atoms with Crippen LogP contribution in [0.25, 0.3) is 0 Å². The fourth-order valence-corrected chi connectivity index (χ4v) is 2.17. The number of benzene rings is 1. The number of ether oxygens (including phenoxy) is 1. The highest BCUT2D eigenvalue weighted by Crippen LogP contribution is 2.31. The molecule has 1 saturated carbocycles. The van der Waals surface area contributed by atoms with Gasteiger partial charge in [-0.15, -0.1) is 0 Å². The number of anilines is 1. The van der Waals surface area contributed by atoms with E-state index in [1.165, 1.54) is 24.1 Å². The van der Waals surface area contributed by atoms with E-state index in [0.717, 1.165) is 11.7 Å². The number of hydrogen-bond donors (Lipinski definition) is 1. The first-order valence-corrected chi connectivity index (χ1v) is 5.60. The third kappa shape index (κ3) is 2.25. The van der Waals surface area contributed by atoms with Crippen LogP contribution < -0.4 is 10.1 Å². The van der Waals surface area contributed by atoms with E-state index in [2.05, 4.69) is 31.3 Å². The first kappa shape index (κ1) is 10.3. The van der Waals surface area contributed by atoms with Crippen LogP contribution in [0.4, 0.5) is 5.69 Å². The third-order valence-electron chi connectivity index (χ3n) is 3.17. The van der Waals surface area contributed by atoms with Gasteiger partial charge in [0.25, 0.3) is 0 Å².